The van der Waals surface area contributed by atoms with Crippen LogP contribution in [0.2, 0.25) is 0 Å². The van der Waals surface area contributed by atoms with E-state index in [0.717, 1.165) is 5.56 Å². The summed E-state index contributed by atoms with van der Waals surface area (Å²) in [6, 6.07) is 6.89. The van der Waals surface area contributed by atoms with E-state index in [-0.39, 0.29) is 18.1 Å². The minimum Gasteiger partial charge on any atom is -0.501 e. The van der Waals surface area contributed by atoms with Crippen molar-refractivity contribution in [2.45, 2.75) is 13.3 Å². The van der Waals surface area contributed by atoms with Crippen LogP contribution in [0.3, 0.4) is 0 Å². The molecule has 7 heteroatoms. The van der Waals surface area contributed by atoms with Gasteiger partial charge in [-0.3, -0.25) is 4.79 Å². The molecule has 0 saturated heterocycles. The van der Waals surface area contributed by atoms with Crippen LogP contribution in [0, 0.1) is 6.92 Å². The summed E-state index contributed by atoms with van der Waals surface area (Å²) in [6.07, 6.45) is 0.536. The van der Waals surface area contributed by atoms with E-state index in [1.165, 1.54) is 6.92 Å². The zero-order chi connectivity index (χ0) is 15.4. The second-order valence-electron chi connectivity index (χ2n) is 4.42. The van der Waals surface area contributed by atoms with Crippen LogP contribution >= 0.6 is 0 Å². The van der Waals surface area contributed by atoms with Gasteiger partial charge in [-0.1, -0.05) is 12.1 Å². The maximum absolute atomic E-state index is 12.0. The van der Waals surface area contributed by atoms with Crippen LogP contribution in [0.1, 0.15) is 21.9 Å². The van der Waals surface area contributed by atoms with Crippen LogP contribution < -0.4 is 5.32 Å². The molecule has 0 unspecified atom stereocenters. The third-order valence-corrected chi connectivity index (χ3v) is 2.80. The van der Waals surface area contributed by atoms with Gasteiger partial charge in [-0.15, -0.1) is 0 Å². The van der Waals surface area contributed by atoms with E-state index < -0.39 is 17.5 Å². The molecule has 0 bridgehead atoms. The number of hydrogen-bond donors (Lipinski definition) is 4. The Morgan fingerprint density at radius 1 is 1.19 bits per heavy atom. The Morgan fingerprint density at radius 2 is 1.86 bits per heavy atom. The van der Waals surface area contributed by atoms with Crippen molar-refractivity contribution < 1.29 is 20.1 Å². The molecule has 1 heterocycles. The van der Waals surface area contributed by atoms with Gasteiger partial charge in [-0.25, -0.2) is 4.98 Å². The molecule has 1 amide bonds. The second kappa shape index (κ2) is 6.19. The van der Waals surface area contributed by atoms with Crippen molar-refractivity contribution >= 4 is 11.6 Å². The lowest BCUT2D eigenvalue weighted by atomic mass is 10.1. The highest BCUT2D eigenvalue weighted by molar-refractivity contribution is 6.05. The molecule has 0 aliphatic carbocycles. The first kappa shape index (κ1) is 14.7. The summed E-state index contributed by atoms with van der Waals surface area (Å²) in [6.45, 7) is 1.55. The summed E-state index contributed by atoms with van der Waals surface area (Å²) < 4.78 is 0. The molecule has 0 radical (unpaired) electrons. The van der Waals surface area contributed by atoms with Gasteiger partial charge in [-0.2, -0.15) is 4.98 Å². The molecular weight excluding hydrogens is 274 g/mol. The van der Waals surface area contributed by atoms with E-state index in [4.69, 9.17) is 5.11 Å². The summed E-state index contributed by atoms with van der Waals surface area (Å²) >= 11 is 0. The number of nitrogens with zero attached hydrogens (tertiary/aromatic N) is 2. The van der Waals surface area contributed by atoms with Crippen LogP contribution in [0.25, 0.3) is 0 Å². The minimum absolute atomic E-state index is 0.0546. The first-order chi connectivity index (χ1) is 10.0. The molecular formula is C14H15N3O4. The van der Waals surface area contributed by atoms with Crippen LogP contribution in [-0.2, 0) is 6.42 Å². The first-order valence-electron chi connectivity index (χ1n) is 6.29. The van der Waals surface area contributed by atoms with Crippen molar-refractivity contribution in [1.82, 2.24) is 9.97 Å². The number of hydrogen-bond acceptors (Lipinski definition) is 6. The van der Waals surface area contributed by atoms with Crippen molar-refractivity contribution in [2.24, 2.45) is 0 Å². The highest BCUT2D eigenvalue weighted by Gasteiger charge is 2.18. The number of benzene rings is 1. The highest BCUT2D eigenvalue weighted by Crippen LogP contribution is 2.25. The maximum Gasteiger partial charge on any atom is 0.278 e. The van der Waals surface area contributed by atoms with Crippen LogP contribution in [0.4, 0.5) is 5.69 Å². The number of aliphatic hydroxyl groups excluding tert-OH is 1. The zero-order valence-electron chi connectivity index (χ0n) is 11.4. The number of carbonyl (C=O) groups excluding carboxylic acids is 1. The van der Waals surface area contributed by atoms with Gasteiger partial charge in [0.2, 0.25) is 5.75 Å². The molecule has 7 nitrogen and oxygen atoms in total. The van der Waals surface area contributed by atoms with Crippen molar-refractivity contribution in [1.29, 1.82) is 0 Å². The van der Waals surface area contributed by atoms with Gasteiger partial charge in [0, 0.05) is 12.3 Å². The Balaban J connectivity index is 2.18. The summed E-state index contributed by atoms with van der Waals surface area (Å²) in [5.74, 6) is -1.77. The molecule has 110 valence electrons. The standard InChI is InChI=1S/C14H15N3O4/c1-8-15-11(12(19)14(21)16-8)13(20)17-10-4-2-9(3-5-10)6-7-18/h2-5,18-19H,6-7H2,1H3,(H,17,20)(H,15,16,21). The summed E-state index contributed by atoms with van der Waals surface area (Å²) in [4.78, 5) is 19.4. The quantitative estimate of drug-likeness (QED) is 0.667. The molecule has 0 aliphatic rings. The predicted molar refractivity (Wildman–Crippen MR) is 75.3 cm³/mol. The van der Waals surface area contributed by atoms with Gasteiger partial charge < -0.3 is 20.6 Å². The zero-order valence-corrected chi connectivity index (χ0v) is 11.4. The number of rotatable bonds is 4. The fourth-order valence-corrected chi connectivity index (χ4v) is 1.78. The lowest BCUT2D eigenvalue weighted by Gasteiger charge is -2.08. The van der Waals surface area contributed by atoms with Gasteiger partial charge in [0.25, 0.3) is 11.8 Å². The number of aryl methyl sites for hydroxylation is 1. The average molecular weight is 289 g/mol. The molecule has 1 aromatic heterocycles. The average Bonchev–Trinajstić information content (AvgIpc) is 2.45. The third kappa shape index (κ3) is 3.46. The Morgan fingerprint density at radius 3 is 2.48 bits per heavy atom. The lowest BCUT2D eigenvalue weighted by molar-refractivity contribution is 0.101. The predicted octanol–water partition coefficient (Wildman–Crippen LogP) is 0.983. The molecule has 0 aliphatic heterocycles. The van der Waals surface area contributed by atoms with Gasteiger partial charge in [0.05, 0.1) is 0 Å². The Labute approximate surface area is 120 Å². The number of nitrogens with one attached hydrogen (secondary N) is 1. The second-order valence-corrected chi connectivity index (χ2v) is 4.42. The topological polar surface area (TPSA) is 116 Å². The molecule has 2 rings (SSSR count). The van der Waals surface area contributed by atoms with Gasteiger partial charge in [0.15, 0.2) is 5.69 Å². The summed E-state index contributed by atoms with van der Waals surface area (Å²) in [5, 5.41) is 30.4. The van der Waals surface area contributed by atoms with E-state index in [1.807, 2.05) is 0 Å². The Hall–Kier alpha value is -2.67. The van der Waals surface area contributed by atoms with Gasteiger partial charge in [0.1, 0.15) is 5.82 Å². The molecule has 21 heavy (non-hydrogen) atoms. The molecule has 0 atom stereocenters. The largest absolute Gasteiger partial charge is 0.501 e. The normalized spacial score (nSPS) is 10.4. The fourth-order valence-electron chi connectivity index (χ4n) is 1.78. The minimum atomic E-state index is -0.657. The van der Waals surface area contributed by atoms with Crippen LogP contribution in [-0.4, -0.2) is 37.8 Å². The highest BCUT2D eigenvalue weighted by atomic mass is 16.3. The summed E-state index contributed by atoms with van der Waals surface area (Å²) in [5.41, 5.74) is 1.16. The molecule has 1 aromatic carbocycles. The SMILES string of the molecule is Cc1nc(O)c(O)c(C(=O)Nc2ccc(CCO)cc2)n1. The van der Waals surface area contributed by atoms with Gasteiger partial charge >= 0.3 is 0 Å². The number of amides is 1. The van der Waals surface area contributed by atoms with Crippen molar-refractivity contribution in [3.8, 4) is 11.6 Å². The molecule has 0 saturated carbocycles. The number of anilines is 1. The lowest BCUT2D eigenvalue weighted by Crippen LogP contribution is -2.15. The number of aliphatic hydroxyl groups is 1. The molecule has 0 spiro atoms. The van der Waals surface area contributed by atoms with E-state index in [2.05, 4.69) is 15.3 Å². The first-order valence-corrected chi connectivity index (χ1v) is 6.29. The van der Waals surface area contributed by atoms with Crippen molar-refractivity contribution in [2.75, 3.05) is 11.9 Å². The van der Waals surface area contributed by atoms with E-state index >= 15 is 0 Å². The fraction of sp³-hybridized carbons (Fsp3) is 0.214. The van der Waals surface area contributed by atoms with Crippen molar-refractivity contribution in [3.63, 3.8) is 0 Å². The van der Waals surface area contributed by atoms with Crippen LogP contribution in [0.5, 0.6) is 11.6 Å². The van der Waals surface area contributed by atoms with E-state index in [9.17, 15) is 15.0 Å². The van der Waals surface area contributed by atoms with Gasteiger partial charge in [-0.05, 0) is 31.0 Å². The molecule has 4 N–H and O–H groups in total. The monoisotopic (exact) mass is 289 g/mol. The molecule has 2 aromatic rings. The number of carbonyl (C=O) groups is 1. The Bertz CT molecular complexity index is 656. The number of aromatic nitrogens is 2. The van der Waals surface area contributed by atoms with E-state index in [1.54, 1.807) is 24.3 Å². The third-order valence-electron chi connectivity index (χ3n) is 2.80. The van der Waals surface area contributed by atoms with Crippen molar-refractivity contribution in [3.05, 3.63) is 41.3 Å². The van der Waals surface area contributed by atoms with E-state index in [0.29, 0.717) is 12.1 Å². The maximum atomic E-state index is 12.0. The summed E-state index contributed by atoms with van der Waals surface area (Å²) in [7, 11) is 0. The van der Waals surface area contributed by atoms with Crippen LogP contribution in [0.15, 0.2) is 24.3 Å². The number of aromatic hydroxyl groups is 2. The Kier molecular flexibility index (Phi) is 4.34. The molecule has 0 fully saturated rings. The smallest absolute Gasteiger partial charge is 0.278 e.